The largest absolute Gasteiger partial charge is 2.00 e. The van der Waals surface area contributed by atoms with Gasteiger partial charge in [0.05, 0.1) is 79.5 Å². The van der Waals surface area contributed by atoms with E-state index in [9.17, 15) is 28.8 Å². The van der Waals surface area contributed by atoms with Crippen LogP contribution < -0.4 is 10.6 Å². The van der Waals surface area contributed by atoms with Crippen molar-refractivity contribution in [2.75, 3.05) is 26.2 Å². The second kappa shape index (κ2) is 41.2. The van der Waals surface area contributed by atoms with Crippen LogP contribution in [0.1, 0.15) is 101 Å². The summed E-state index contributed by atoms with van der Waals surface area (Å²) in [5, 5.41) is 6.44. The Bertz CT molecular complexity index is 4570. The Hall–Kier alpha value is -13.0. The summed E-state index contributed by atoms with van der Waals surface area (Å²) in [4.78, 5) is 133. The molecule has 0 aliphatic carbocycles. The predicted octanol–water partition coefficient (Wildman–Crippen LogP) is 14.7. The van der Waals surface area contributed by atoms with Crippen LogP contribution in [0.25, 0.3) is 79.1 Å². The van der Waals surface area contributed by atoms with Gasteiger partial charge in [0.15, 0.2) is 0 Å². The zero-order chi connectivity index (χ0) is 74.5. The number of hydrogen-bond acceptors (Lipinski definition) is 18. The molecule has 0 spiro atoms. The first kappa shape index (κ1) is 79.5. The molecule has 16 rings (SSSR count). The second-order valence-electron chi connectivity index (χ2n) is 24.2. The minimum Gasteiger partial charge on any atom is -0.352 e. The standard InChI is InChI=1S/C46H40N8O6.4C10H8N2.2Ru/c55-41(29-13-19-37(51-27-29)35-11-3-7-21-47-35)49-23-5-1-9-25-53-43(57)31-15-17-33-40-34(18-16-32(39(31)40)44(53)58)46(60)54(45(33)59)26-10-2-6-24-50-42(56)30-14-20-38(52-28-30)36-12-4-8-22-48-36;4*1-3-7-11-9(5-1)10-6-2-4-8-12-10;;/h3-4,7-8,11-22,27-28H,1-2,5-6,9-10,23-26H2,(H,49,55)(H,50,56);4*1-8H;;/q;;;;;2*+2. The first-order valence-corrected chi connectivity index (χ1v) is 35.1. The molecule has 24 heteroatoms. The van der Waals surface area contributed by atoms with E-state index in [0.717, 1.165) is 56.9 Å². The van der Waals surface area contributed by atoms with Crippen molar-refractivity contribution < 1.29 is 67.7 Å². The van der Waals surface area contributed by atoms with E-state index in [0.29, 0.717) is 84.9 Å². The molecule has 12 aromatic heterocycles. The van der Waals surface area contributed by atoms with Crippen LogP contribution in [0.3, 0.4) is 0 Å². The summed E-state index contributed by atoms with van der Waals surface area (Å²) >= 11 is 0. The van der Waals surface area contributed by atoms with Gasteiger partial charge in [0.2, 0.25) is 0 Å². The van der Waals surface area contributed by atoms with Crippen molar-refractivity contribution in [3.63, 3.8) is 0 Å². The van der Waals surface area contributed by atoms with E-state index in [1.54, 1.807) is 110 Å². The zero-order valence-corrected chi connectivity index (χ0v) is 62.8. The summed E-state index contributed by atoms with van der Waals surface area (Å²) in [6, 6.07) is 70.6. The fraction of sp³-hybridized carbons (Fsp3) is 0.116. The number of rotatable bonds is 20. The minimum atomic E-state index is -0.474. The molecule has 6 amide bonds. The fourth-order valence-corrected chi connectivity index (χ4v) is 11.6. The molecule has 0 saturated heterocycles. The average Bonchev–Trinajstić information content (AvgIpc) is 0.713. The second-order valence-corrected chi connectivity index (χ2v) is 24.2. The number of hydrogen-bond donors (Lipinski definition) is 2. The summed E-state index contributed by atoms with van der Waals surface area (Å²) in [6.45, 7) is 1.19. The molecule has 0 radical (unpaired) electrons. The minimum absolute atomic E-state index is 0. The zero-order valence-electron chi connectivity index (χ0n) is 59.4. The van der Waals surface area contributed by atoms with Gasteiger partial charge in [0.1, 0.15) is 0 Å². The van der Waals surface area contributed by atoms with Crippen LogP contribution in [-0.2, 0) is 39.0 Å². The van der Waals surface area contributed by atoms with Crippen LogP contribution in [0.4, 0.5) is 0 Å². The SMILES string of the molecule is O=C(NCCCCCN1C(=O)c2ccc3c4c(ccc(c24)C1=O)C(=O)N(CCCCCNC(=O)c1ccc(-c2ccccn2)nc1)C3=O)c1ccc(-c2ccccn2)nc1.[Ru+2].[Ru+2].c1ccc(-c2ccccn2)nc1.c1ccc(-c2ccccn2)nc1.c1ccc(-c2ccccn2)nc1.c1ccc(-c2ccccn2)nc1. The summed E-state index contributed by atoms with van der Waals surface area (Å²) in [7, 11) is 0. The molecule has 14 heterocycles. The van der Waals surface area contributed by atoms with E-state index in [1.807, 2.05) is 182 Å². The van der Waals surface area contributed by atoms with Gasteiger partial charge in [-0.2, -0.15) is 0 Å². The summed E-state index contributed by atoms with van der Waals surface area (Å²) < 4.78 is 0. The number of aromatic nitrogens is 12. The van der Waals surface area contributed by atoms with Gasteiger partial charge < -0.3 is 10.6 Å². The molecule has 0 bridgehead atoms. The van der Waals surface area contributed by atoms with Gasteiger partial charge in [0, 0.05) is 134 Å². The van der Waals surface area contributed by atoms with E-state index in [1.165, 1.54) is 22.2 Å². The number of benzene rings is 2. The van der Waals surface area contributed by atoms with E-state index in [2.05, 4.69) is 70.4 Å². The molecular formula is C86H72N16O6Ru2+4. The third-order valence-corrected chi connectivity index (χ3v) is 17.0. The van der Waals surface area contributed by atoms with Crippen molar-refractivity contribution in [3.05, 3.63) is 338 Å². The third-order valence-electron chi connectivity index (χ3n) is 17.0. The number of imide groups is 2. The molecular weight excluding hydrogens is 1560 g/mol. The number of nitrogens with zero attached hydrogens (tertiary/aromatic N) is 14. The average molecular weight is 1630 g/mol. The van der Waals surface area contributed by atoms with Gasteiger partial charge in [-0.3, -0.25) is 98.4 Å². The Morgan fingerprint density at radius 2 is 0.455 bits per heavy atom. The summed E-state index contributed by atoms with van der Waals surface area (Å²) in [6.07, 6.45) is 24.2. The van der Waals surface area contributed by atoms with Crippen LogP contribution in [0.15, 0.2) is 305 Å². The number of pyridine rings is 12. The van der Waals surface area contributed by atoms with Gasteiger partial charge >= 0.3 is 39.0 Å². The van der Waals surface area contributed by atoms with Crippen molar-refractivity contribution in [1.29, 1.82) is 0 Å². The van der Waals surface area contributed by atoms with Gasteiger partial charge in [-0.15, -0.1) is 0 Å². The Morgan fingerprint density at radius 1 is 0.245 bits per heavy atom. The van der Waals surface area contributed by atoms with Gasteiger partial charge in [-0.25, -0.2) is 0 Å². The van der Waals surface area contributed by atoms with Crippen molar-refractivity contribution in [3.8, 4) is 68.3 Å². The van der Waals surface area contributed by atoms with Crippen LogP contribution >= 0.6 is 0 Å². The Labute approximate surface area is 661 Å². The molecule has 0 unspecified atom stereocenters. The van der Waals surface area contributed by atoms with E-state index in [-0.39, 0.29) is 86.1 Å². The van der Waals surface area contributed by atoms with Gasteiger partial charge in [0.25, 0.3) is 35.4 Å². The molecule has 2 aliphatic rings. The van der Waals surface area contributed by atoms with Crippen molar-refractivity contribution in [2.24, 2.45) is 0 Å². The third kappa shape index (κ3) is 21.2. The maximum atomic E-state index is 13.7. The van der Waals surface area contributed by atoms with Crippen LogP contribution in [-0.4, -0.2) is 131 Å². The number of carbonyl (C=O) groups is 6. The monoisotopic (exact) mass is 1630 g/mol. The molecule has 0 atom stereocenters. The van der Waals surface area contributed by atoms with Crippen LogP contribution in [0.2, 0.25) is 0 Å². The number of amides is 6. The molecule has 14 aromatic rings. The first-order valence-electron chi connectivity index (χ1n) is 35.1. The van der Waals surface area contributed by atoms with E-state index < -0.39 is 23.6 Å². The fourth-order valence-electron chi connectivity index (χ4n) is 11.6. The normalized spacial score (nSPS) is 11.4. The Balaban J connectivity index is 0.000000202. The van der Waals surface area contributed by atoms with E-state index >= 15 is 0 Å². The molecule has 2 aromatic carbocycles. The molecule has 2 N–H and O–H groups in total. The Kier molecular flexibility index (Phi) is 29.8. The van der Waals surface area contributed by atoms with E-state index in [4.69, 9.17) is 0 Å². The maximum Gasteiger partial charge on any atom is 2.00 e. The molecule has 544 valence electrons. The molecule has 2 aliphatic heterocycles. The number of carbonyl (C=O) groups excluding carboxylic acids is 6. The molecule has 0 saturated carbocycles. The van der Waals surface area contributed by atoms with Crippen LogP contribution in [0, 0.1) is 0 Å². The topological polar surface area (TPSA) is 288 Å². The summed E-state index contributed by atoms with van der Waals surface area (Å²) in [5.74, 6) is -2.39. The predicted molar refractivity (Wildman–Crippen MR) is 412 cm³/mol. The summed E-state index contributed by atoms with van der Waals surface area (Å²) in [5.41, 5.74) is 12.1. The number of unbranched alkanes of at least 4 members (excludes halogenated alkanes) is 4. The maximum absolute atomic E-state index is 13.7. The van der Waals surface area contributed by atoms with Gasteiger partial charge in [-0.05, 0) is 208 Å². The van der Waals surface area contributed by atoms with Gasteiger partial charge in [-0.1, -0.05) is 60.7 Å². The smallest absolute Gasteiger partial charge is 0.352 e. The van der Waals surface area contributed by atoms with Crippen molar-refractivity contribution in [2.45, 2.75) is 38.5 Å². The molecule has 22 nitrogen and oxygen atoms in total. The first-order chi connectivity index (χ1) is 53.2. The number of nitrogens with one attached hydrogen (secondary N) is 2. The Morgan fingerprint density at radius 3 is 0.636 bits per heavy atom. The van der Waals surface area contributed by atoms with Crippen molar-refractivity contribution >= 4 is 46.2 Å². The van der Waals surface area contributed by atoms with Crippen molar-refractivity contribution in [1.82, 2.24) is 80.2 Å². The van der Waals surface area contributed by atoms with Crippen LogP contribution in [0.5, 0.6) is 0 Å². The quantitative estimate of drug-likeness (QED) is 0.0407. The molecule has 0 fully saturated rings. The molecule has 110 heavy (non-hydrogen) atoms.